The van der Waals surface area contributed by atoms with Crippen LogP contribution in [0.3, 0.4) is 0 Å². The van der Waals surface area contributed by atoms with Crippen molar-refractivity contribution in [3.05, 3.63) is 79.5 Å². The van der Waals surface area contributed by atoms with Crippen LogP contribution in [0, 0.1) is 0 Å². The zero-order valence-electron chi connectivity index (χ0n) is 18.8. The summed E-state index contributed by atoms with van der Waals surface area (Å²) >= 11 is 12.8. The van der Waals surface area contributed by atoms with Gasteiger partial charge >= 0.3 is 0 Å². The van der Waals surface area contributed by atoms with E-state index in [1.54, 1.807) is 4.90 Å². The molecular weight excluding hydrogens is 525 g/mol. The van der Waals surface area contributed by atoms with Crippen LogP contribution >= 0.6 is 35.0 Å². The summed E-state index contributed by atoms with van der Waals surface area (Å²) in [5.41, 5.74) is 0.882. The monoisotopic (exact) mass is 543 g/mol. The van der Waals surface area contributed by atoms with E-state index in [0.717, 1.165) is 10.6 Å². The molecular formula is C25H19Cl2N3O5S. The molecule has 0 saturated carbocycles. The molecule has 2 saturated heterocycles. The molecule has 3 amide bonds. The summed E-state index contributed by atoms with van der Waals surface area (Å²) in [6.45, 7) is 1.93. The number of hydrogen-bond acceptors (Lipinski definition) is 7. The molecule has 0 radical (unpaired) electrons. The number of fused-ring (bicyclic) bond motifs is 1. The van der Waals surface area contributed by atoms with Gasteiger partial charge in [0.25, 0.3) is 11.1 Å². The Morgan fingerprint density at radius 2 is 1.75 bits per heavy atom. The Bertz CT molecular complexity index is 1470. The number of anilines is 1. The number of carbonyl (C=O) groups excluding carboxylic acids is 3. The Morgan fingerprint density at radius 1 is 1.03 bits per heavy atom. The average molecular weight is 544 g/mol. The minimum atomic E-state index is -0.634. The number of carbonyl (C=O) groups is 3. The first-order valence-corrected chi connectivity index (χ1v) is 12.6. The van der Waals surface area contributed by atoms with Crippen molar-refractivity contribution in [1.29, 1.82) is 0 Å². The minimum absolute atomic E-state index is 0.0291. The van der Waals surface area contributed by atoms with Crippen molar-refractivity contribution in [1.82, 2.24) is 9.80 Å². The largest absolute Gasteiger partial charge is 0.462 e. The number of hydrogen-bond donors (Lipinski definition) is 0. The van der Waals surface area contributed by atoms with Gasteiger partial charge in [0.05, 0.1) is 20.9 Å². The van der Waals surface area contributed by atoms with Crippen LogP contribution in [0.15, 0.2) is 62.8 Å². The first kappa shape index (κ1) is 24.4. The number of imide groups is 1. The zero-order chi connectivity index (χ0) is 25.4. The molecule has 5 rings (SSSR count). The molecule has 2 aliphatic heterocycles. The maximum Gasteiger partial charge on any atom is 0.294 e. The summed E-state index contributed by atoms with van der Waals surface area (Å²) in [5.74, 6) is -0.939. The third kappa shape index (κ3) is 4.74. The third-order valence-corrected chi connectivity index (χ3v) is 7.43. The van der Waals surface area contributed by atoms with E-state index in [1.165, 1.54) is 24.5 Å². The predicted octanol–water partition coefficient (Wildman–Crippen LogP) is 4.48. The van der Waals surface area contributed by atoms with Crippen molar-refractivity contribution in [3.63, 3.8) is 0 Å². The average Bonchev–Trinajstić information content (AvgIpc) is 3.14. The maximum absolute atomic E-state index is 12.9. The molecule has 0 atom stereocenters. The van der Waals surface area contributed by atoms with Gasteiger partial charge < -0.3 is 14.2 Å². The van der Waals surface area contributed by atoms with Gasteiger partial charge in [0.2, 0.25) is 5.91 Å². The highest BCUT2D eigenvalue weighted by Crippen LogP contribution is 2.33. The molecule has 184 valence electrons. The van der Waals surface area contributed by atoms with Gasteiger partial charge in [0, 0.05) is 36.9 Å². The number of para-hydroxylation sites is 1. The van der Waals surface area contributed by atoms with Crippen molar-refractivity contribution in [2.45, 2.75) is 0 Å². The van der Waals surface area contributed by atoms with Crippen molar-refractivity contribution in [3.8, 4) is 0 Å². The Morgan fingerprint density at radius 3 is 2.47 bits per heavy atom. The highest BCUT2D eigenvalue weighted by molar-refractivity contribution is 8.18. The fourth-order valence-corrected chi connectivity index (χ4v) is 5.51. The van der Waals surface area contributed by atoms with Crippen LogP contribution in [0.4, 0.5) is 10.5 Å². The molecule has 2 aromatic carbocycles. The van der Waals surface area contributed by atoms with Crippen molar-refractivity contribution in [2.75, 3.05) is 37.6 Å². The van der Waals surface area contributed by atoms with Crippen LogP contribution in [-0.2, 0) is 9.59 Å². The predicted molar refractivity (Wildman–Crippen MR) is 140 cm³/mol. The van der Waals surface area contributed by atoms with E-state index in [-0.39, 0.29) is 43.9 Å². The third-order valence-electron chi connectivity index (χ3n) is 6.03. The second-order valence-electron chi connectivity index (χ2n) is 8.26. The summed E-state index contributed by atoms with van der Waals surface area (Å²) in [6.07, 6.45) is 2.46. The van der Waals surface area contributed by atoms with Gasteiger partial charge in [-0.3, -0.25) is 24.1 Å². The van der Waals surface area contributed by atoms with Gasteiger partial charge in [-0.25, -0.2) is 0 Å². The van der Waals surface area contributed by atoms with E-state index in [4.69, 9.17) is 27.6 Å². The topological polar surface area (TPSA) is 91.1 Å². The number of rotatable bonds is 4. The van der Waals surface area contributed by atoms with Crippen LogP contribution in [0.2, 0.25) is 10.0 Å². The van der Waals surface area contributed by atoms with E-state index in [9.17, 15) is 19.2 Å². The first-order chi connectivity index (χ1) is 17.3. The second-order valence-corrected chi connectivity index (χ2v) is 10.1. The van der Waals surface area contributed by atoms with E-state index in [0.29, 0.717) is 37.9 Å². The van der Waals surface area contributed by atoms with Crippen LogP contribution in [0.1, 0.15) is 5.56 Å². The molecule has 36 heavy (non-hydrogen) atoms. The molecule has 0 spiro atoms. The fraction of sp³-hybridized carbons (Fsp3) is 0.200. The lowest BCUT2D eigenvalue weighted by molar-refractivity contribution is -0.136. The zero-order valence-corrected chi connectivity index (χ0v) is 21.1. The fourth-order valence-electron chi connectivity index (χ4n) is 4.15. The van der Waals surface area contributed by atoms with Crippen LogP contribution in [0.5, 0.6) is 0 Å². The molecule has 0 bridgehead atoms. The Hall–Kier alpha value is -3.27. The lowest BCUT2D eigenvalue weighted by Gasteiger charge is -2.36. The van der Waals surface area contributed by atoms with Crippen molar-refractivity contribution in [2.24, 2.45) is 0 Å². The minimum Gasteiger partial charge on any atom is -0.462 e. The number of nitrogens with zero attached hydrogens (tertiary/aromatic N) is 3. The Balaban J connectivity index is 1.28. The standard InChI is InChI=1S/C25H19Cl2N3O5S/c26-16-11-18-22(32)15(14-35-23(18)19(27)12-16)10-20-24(33)30(25(34)36-20)13-21(31)29-8-6-28(7-9-29)17-4-2-1-3-5-17/h1-5,10-12,14H,6-9,13H2/b20-10-. The lowest BCUT2D eigenvalue weighted by Crippen LogP contribution is -2.51. The highest BCUT2D eigenvalue weighted by Gasteiger charge is 2.37. The SMILES string of the molecule is O=C(CN1C(=O)S/C(=C\c2coc3c(Cl)cc(Cl)cc3c2=O)C1=O)N1CCN(c2ccccc2)CC1. The number of piperazine rings is 1. The lowest BCUT2D eigenvalue weighted by atomic mass is 10.1. The summed E-state index contributed by atoms with van der Waals surface area (Å²) in [4.78, 5) is 56.0. The van der Waals surface area contributed by atoms with Gasteiger partial charge in [-0.15, -0.1) is 0 Å². The van der Waals surface area contributed by atoms with Gasteiger partial charge in [-0.2, -0.15) is 0 Å². The van der Waals surface area contributed by atoms with Crippen molar-refractivity contribution < 1.29 is 18.8 Å². The molecule has 3 aromatic rings. The van der Waals surface area contributed by atoms with Crippen LogP contribution in [-0.4, -0.2) is 59.6 Å². The summed E-state index contributed by atoms with van der Waals surface area (Å²) in [7, 11) is 0. The second kappa shape index (κ2) is 10.0. The molecule has 2 fully saturated rings. The number of halogens is 2. The smallest absolute Gasteiger partial charge is 0.294 e. The summed E-state index contributed by atoms with van der Waals surface area (Å²) < 4.78 is 5.47. The maximum atomic E-state index is 12.9. The van der Waals surface area contributed by atoms with E-state index < -0.39 is 16.6 Å². The quantitative estimate of drug-likeness (QED) is 0.448. The molecule has 3 heterocycles. The Labute approximate surface area is 220 Å². The molecule has 0 aliphatic carbocycles. The van der Waals surface area contributed by atoms with Crippen LogP contribution < -0.4 is 10.3 Å². The number of benzene rings is 2. The van der Waals surface area contributed by atoms with Gasteiger partial charge in [0.15, 0.2) is 11.0 Å². The van der Waals surface area contributed by atoms with Gasteiger partial charge in [0.1, 0.15) is 12.8 Å². The van der Waals surface area contributed by atoms with Crippen molar-refractivity contribution >= 4 is 74.7 Å². The van der Waals surface area contributed by atoms with Crippen LogP contribution in [0.25, 0.3) is 17.0 Å². The molecule has 0 unspecified atom stereocenters. The van der Waals surface area contributed by atoms with E-state index in [1.807, 2.05) is 30.3 Å². The molecule has 0 N–H and O–H groups in total. The Kier molecular flexibility index (Phi) is 6.79. The van der Waals surface area contributed by atoms with Gasteiger partial charge in [-0.1, -0.05) is 41.4 Å². The number of thioether (sulfide) groups is 1. The molecule has 11 heteroatoms. The first-order valence-electron chi connectivity index (χ1n) is 11.1. The highest BCUT2D eigenvalue weighted by atomic mass is 35.5. The molecule has 1 aromatic heterocycles. The molecule has 2 aliphatic rings. The van der Waals surface area contributed by atoms with Gasteiger partial charge in [-0.05, 0) is 42.1 Å². The summed E-state index contributed by atoms with van der Waals surface area (Å²) in [6, 6.07) is 12.8. The molecule has 8 nitrogen and oxygen atoms in total. The number of amides is 3. The van der Waals surface area contributed by atoms with E-state index in [2.05, 4.69) is 4.90 Å². The normalized spacial score (nSPS) is 17.5. The summed E-state index contributed by atoms with van der Waals surface area (Å²) in [5, 5.41) is 0.0362. The van der Waals surface area contributed by atoms with E-state index >= 15 is 0 Å².